The molecule has 3 aromatic carbocycles. The first-order valence-corrected chi connectivity index (χ1v) is 9.77. The van der Waals surface area contributed by atoms with Gasteiger partial charge in [-0.25, -0.2) is 9.78 Å². The minimum absolute atomic E-state index is 0.368. The Kier molecular flexibility index (Phi) is 4.92. The molecule has 0 unspecified atom stereocenters. The first-order chi connectivity index (χ1) is 13.1. The Balaban J connectivity index is 1.64. The zero-order valence-corrected chi connectivity index (χ0v) is 16.7. The number of methoxy groups -OCH3 is 1. The molecule has 0 aliphatic rings. The summed E-state index contributed by atoms with van der Waals surface area (Å²) in [6, 6.07) is 20.5. The van der Waals surface area contributed by atoms with Crippen molar-refractivity contribution in [3.63, 3.8) is 0 Å². The van der Waals surface area contributed by atoms with Crippen molar-refractivity contribution < 1.29 is 14.3 Å². The maximum atomic E-state index is 12.4. The largest absolute Gasteiger partial charge is 0.493 e. The van der Waals surface area contributed by atoms with Crippen molar-refractivity contribution >= 4 is 43.5 Å². The summed E-state index contributed by atoms with van der Waals surface area (Å²) in [7, 11) is 1.55. The highest BCUT2D eigenvalue weighted by atomic mass is 79.9. The van der Waals surface area contributed by atoms with E-state index in [2.05, 4.69) is 20.9 Å². The fourth-order valence-corrected chi connectivity index (χ4v) is 4.02. The number of fused-ring (bicyclic) bond motifs is 1. The van der Waals surface area contributed by atoms with E-state index in [1.807, 2.05) is 42.5 Å². The molecule has 0 saturated heterocycles. The second kappa shape index (κ2) is 7.50. The van der Waals surface area contributed by atoms with Gasteiger partial charge < -0.3 is 9.47 Å². The minimum atomic E-state index is -0.442. The van der Waals surface area contributed by atoms with Crippen LogP contribution >= 0.6 is 27.3 Å². The molecule has 0 aliphatic heterocycles. The molecule has 1 aromatic heterocycles. The lowest BCUT2D eigenvalue weighted by Gasteiger charge is -2.10. The highest BCUT2D eigenvalue weighted by Gasteiger charge is 2.15. The number of esters is 1. The van der Waals surface area contributed by atoms with Crippen LogP contribution in [0.25, 0.3) is 20.8 Å². The quantitative estimate of drug-likeness (QED) is 0.291. The maximum absolute atomic E-state index is 12.4. The van der Waals surface area contributed by atoms with E-state index in [9.17, 15) is 4.79 Å². The molecule has 134 valence electrons. The molecule has 0 aliphatic carbocycles. The molecular weight excluding hydrogens is 426 g/mol. The van der Waals surface area contributed by atoms with Crippen LogP contribution in [0.4, 0.5) is 0 Å². The summed E-state index contributed by atoms with van der Waals surface area (Å²) < 4.78 is 12.9. The van der Waals surface area contributed by atoms with Crippen LogP contribution in [0.15, 0.2) is 71.2 Å². The Bertz CT molecular complexity index is 1110. The molecule has 1 heterocycles. The average molecular weight is 440 g/mol. The second-order valence-corrected chi connectivity index (χ2v) is 7.70. The van der Waals surface area contributed by atoms with Crippen molar-refractivity contribution in [2.24, 2.45) is 0 Å². The Morgan fingerprint density at radius 2 is 1.85 bits per heavy atom. The number of hydrogen-bond acceptors (Lipinski definition) is 5. The third-order valence-electron chi connectivity index (χ3n) is 3.97. The van der Waals surface area contributed by atoms with Crippen LogP contribution in [0, 0.1) is 0 Å². The van der Waals surface area contributed by atoms with Crippen LogP contribution in [-0.4, -0.2) is 18.1 Å². The van der Waals surface area contributed by atoms with E-state index >= 15 is 0 Å². The van der Waals surface area contributed by atoms with E-state index in [-0.39, 0.29) is 0 Å². The number of thiazole rings is 1. The number of benzene rings is 3. The van der Waals surface area contributed by atoms with Crippen LogP contribution in [0.3, 0.4) is 0 Å². The molecule has 4 aromatic rings. The zero-order valence-electron chi connectivity index (χ0n) is 14.3. The first kappa shape index (κ1) is 17.7. The lowest BCUT2D eigenvalue weighted by atomic mass is 10.2. The third-order valence-corrected chi connectivity index (χ3v) is 5.55. The zero-order chi connectivity index (χ0) is 18.8. The van der Waals surface area contributed by atoms with E-state index < -0.39 is 5.97 Å². The molecule has 27 heavy (non-hydrogen) atoms. The first-order valence-electron chi connectivity index (χ1n) is 8.16. The highest BCUT2D eigenvalue weighted by Crippen LogP contribution is 2.36. The van der Waals surface area contributed by atoms with Crippen molar-refractivity contribution in [1.82, 2.24) is 4.98 Å². The molecule has 0 fully saturated rings. The van der Waals surface area contributed by atoms with Gasteiger partial charge in [-0.3, -0.25) is 0 Å². The number of para-hydroxylation sites is 1. The summed E-state index contributed by atoms with van der Waals surface area (Å²) in [5.41, 5.74) is 2.33. The smallest absolute Gasteiger partial charge is 0.343 e. The Labute approximate surface area is 168 Å². The van der Waals surface area contributed by atoms with Crippen LogP contribution in [0.5, 0.6) is 11.5 Å². The number of halogens is 1. The molecule has 0 saturated carbocycles. The average Bonchev–Trinajstić information content (AvgIpc) is 3.12. The molecule has 0 N–H and O–H groups in total. The Morgan fingerprint density at radius 3 is 2.63 bits per heavy atom. The van der Waals surface area contributed by atoms with Crippen molar-refractivity contribution in [1.29, 1.82) is 0 Å². The normalized spacial score (nSPS) is 10.7. The van der Waals surface area contributed by atoms with E-state index in [0.29, 0.717) is 17.1 Å². The van der Waals surface area contributed by atoms with Gasteiger partial charge in [0.15, 0.2) is 11.5 Å². The van der Waals surface area contributed by atoms with Gasteiger partial charge in [0.05, 0.1) is 22.9 Å². The predicted octanol–water partition coefficient (Wildman–Crippen LogP) is 5.95. The fraction of sp³-hybridized carbons (Fsp3) is 0.0476. The summed E-state index contributed by atoms with van der Waals surface area (Å²) in [6.07, 6.45) is 0. The number of rotatable bonds is 4. The van der Waals surface area contributed by atoms with Crippen molar-refractivity contribution in [2.75, 3.05) is 7.11 Å². The van der Waals surface area contributed by atoms with E-state index in [1.54, 1.807) is 42.7 Å². The predicted molar refractivity (Wildman–Crippen MR) is 111 cm³/mol. The SMILES string of the molecule is COc1cc(-c2nc3ccccc3s2)ccc1OC(=O)c1cccc(Br)c1. The molecule has 4 nitrogen and oxygen atoms in total. The Morgan fingerprint density at radius 1 is 1.00 bits per heavy atom. The van der Waals surface area contributed by atoms with Crippen molar-refractivity contribution in [3.05, 3.63) is 76.8 Å². The van der Waals surface area contributed by atoms with E-state index in [0.717, 1.165) is 25.3 Å². The van der Waals surface area contributed by atoms with Crippen LogP contribution < -0.4 is 9.47 Å². The second-order valence-electron chi connectivity index (χ2n) is 5.75. The fourth-order valence-electron chi connectivity index (χ4n) is 2.65. The summed E-state index contributed by atoms with van der Waals surface area (Å²) in [5, 5.41) is 0.888. The monoisotopic (exact) mass is 439 g/mol. The van der Waals surface area contributed by atoms with Gasteiger partial charge in [-0.05, 0) is 48.5 Å². The molecule has 0 spiro atoms. The lowest BCUT2D eigenvalue weighted by molar-refractivity contribution is 0.0729. The van der Waals surface area contributed by atoms with Crippen LogP contribution in [0.2, 0.25) is 0 Å². The van der Waals surface area contributed by atoms with Gasteiger partial charge in [0.1, 0.15) is 5.01 Å². The molecular formula is C21H14BrNO3S. The lowest BCUT2D eigenvalue weighted by Crippen LogP contribution is -2.09. The number of carbonyl (C=O) groups is 1. The summed E-state index contributed by atoms with van der Waals surface area (Å²) in [5.74, 6) is 0.407. The highest BCUT2D eigenvalue weighted by molar-refractivity contribution is 9.10. The number of ether oxygens (including phenoxy) is 2. The molecule has 0 radical (unpaired) electrons. The van der Waals surface area contributed by atoms with Gasteiger partial charge >= 0.3 is 5.97 Å². The van der Waals surface area contributed by atoms with Gasteiger partial charge in [-0.2, -0.15) is 0 Å². The van der Waals surface area contributed by atoms with Gasteiger partial charge in [0.2, 0.25) is 0 Å². The van der Waals surface area contributed by atoms with E-state index in [1.165, 1.54) is 0 Å². The minimum Gasteiger partial charge on any atom is -0.493 e. The summed E-state index contributed by atoms with van der Waals surface area (Å²) >= 11 is 4.96. The maximum Gasteiger partial charge on any atom is 0.343 e. The Hall–Kier alpha value is -2.70. The summed E-state index contributed by atoms with van der Waals surface area (Å²) in [4.78, 5) is 17.1. The standard InChI is InChI=1S/C21H14BrNO3S/c1-25-18-12-13(20-23-16-7-2-3-8-19(16)27-20)9-10-17(18)26-21(24)14-5-4-6-15(22)11-14/h2-12H,1H3. The van der Waals surface area contributed by atoms with Crippen molar-refractivity contribution in [2.45, 2.75) is 0 Å². The van der Waals surface area contributed by atoms with Gasteiger partial charge in [-0.1, -0.05) is 34.1 Å². The van der Waals surface area contributed by atoms with E-state index in [4.69, 9.17) is 9.47 Å². The van der Waals surface area contributed by atoms with Gasteiger partial charge in [0.25, 0.3) is 0 Å². The van der Waals surface area contributed by atoms with Crippen LogP contribution in [0.1, 0.15) is 10.4 Å². The van der Waals surface area contributed by atoms with Crippen LogP contribution in [-0.2, 0) is 0 Å². The van der Waals surface area contributed by atoms with Gasteiger partial charge in [0, 0.05) is 10.0 Å². The third kappa shape index (κ3) is 3.72. The molecule has 6 heteroatoms. The topological polar surface area (TPSA) is 48.4 Å². The molecule has 4 rings (SSSR count). The van der Waals surface area contributed by atoms with Crippen molar-refractivity contribution in [3.8, 4) is 22.1 Å². The molecule has 0 bridgehead atoms. The van der Waals surface area contributed by atoms with Gasteiger partial charge in [-0.15, -0.1) is 11.3 Å². The molecule has 0 atom stereocenters. The number of carbonyl (C=O) groups excluding carboxylic acids is 1. The number of aromatic nitrogens is 1. The summed E-state index contributed by atoms with van der Waals surface area (Å²) in [6.45, 7) is 0. The number of hydrogen-bond donors (Lipinski definition) is 0. The molecule has 0 amide bonds. The number of nitrogens with zero attached hydrogens (tertiary/aromatic N) is 1.